The first-order chi connectivity index (χ1) is 9.63. The molecule has 108 valence electrons. The SMILES string of the molecule is Cc1c(C(=O)NCc2ccnn2C)cnn1CCCN. The maximum absolute atomic E-state index is 12.1. The number of hydrogen-bond donors (Lipinski definition) is 2. The summed E-state index contributed by atoms with van der Waals surface area (Å²) in [6, 6.07) is 1.87. The van der Waals surface area contributed by atoms with E-state index in [4.69, 9.17) is 5.73 Å². The van der Waals surface area contributed by atoms with Gasteiger partial charge in [0, 0.05) is 25.5 Å². The van der Waals surface area contributed by atoms with Gasteiger partial charge < -0.3 is 11.1 Å². The quantitative estimate of drug-likeness (QED) is 0.788. The zero-order chi connectivity index (χ0) is 14.5. The average Bonchev–Trinajstić information content (AvgIpc) is 3.00. The van der Waals surface area contributed by atoms with E-state index >= 15 is 0 Å². The van der Waals surface area contributed by atoms with Crippen molar-refractivity contribution in [2.45, 2.75) is 26.4 Å². The van der Waals surface area contributed by atoms with Gasteiger partial charge in [0.25, 0.3) is 5.91 Å². The Kier molecular flexibility index (Phi) is 4.52. The van der Waals surface area contributed by atoms with Crippen molar-refractivity contribution >= 4 is 5.91 Å². The van der Waals surface area contributed by atoms with Crippen LogP contribution in [0.3, 0.4) is 0 Å². The fourth-order valence-electron chi connectivity index (χ4n) is 1.98. The molecule has 0 saturated heterocycles. The fraction of sp³-hybridized carbons (Fsp3) is 0.462. The third-order valence-corrected chi connectivity index (χ3v) is 3.27. The summed E-state index contributed by atoms with van der Waals surface area (Å²) in [6.45, 7) is 3.68. The molecule has 7 nitrogen and oxygen atoms in total. The summed E-state index contributed by atoms with van der Waals surface area (Å²) in [7, 11) is 1.84. The number of aromatic nitrogens is 4. The first kappa shape index (κ1) is 14.3. The van der Waals surface area contributed by atoms with Gasteiger partial charge in [-0.2, -0.15) is 10.2 Å². The highest BCUT2D eigenvalue weighted by Gasteiger charge is 2.14. The fourth-order valence-corrected chi connectivity index (χ4v) is 1.98. The smallest absolute Gasteiger partial charge is 0.255 e. The van der Waals surface area contributed by atoms with E-state index in [1.54, 1.807) is 17.1 Å². The van der Waals surface area contributed by atoms with E-state index in [9.17, 15) is 4.79 Å². The summed E-state index contributed by atoms with van der Waals surface area (Å²) >= 11 is 0. The summed E-state index contributed by atoms with van der Waals surface area (Å²) < 4.78 is 3.55. The molecule has 1 amide bonds. The summed E-state index contributed by atoms with van der Waals surface area (Å²) in [5.41, 5.74) is 7.89. The lowest BCUT2D eigenvalue weighted by atomic mass is 10.2. The number of nitrogens with one attached hydrogen (secondary N) is 1. The van der Waals surface area contributed by atoms with Crippen molar-refractivity contribution in [1.29, 1.82) is 0 Å². The van der Waals surface area contributed by atoms with Gasteiger partial charge in [0.2, 0.25) is 0 Å². The second-order valence-electron chi connectivity index (χ2n) is 4.64. The molecule has 0 bridgehead atoms. The Morgan fingerprint density at radius 3 is 2.90 bits per heavy atom. The van der Waals surface area contributed by atoms with Gasteiger partial charge in [-0.3, -0.25) is 14.2 Å². The zero-order valence-corrected chi connectivity index (χ0v) is 11.8. The van der Waals surface area contributed by atoms with Crippen LogP contribution >= 0.6 is 0 Å². The molecule has 0 radical (unpaired) electrons. The minimum absolute atomic E-state index is 0.123. The van der Waals surface area contributed by atoms with Gasteiger partial charge in [-0.25, -0.2) is 0 Å². The molecule has 0 aromatic carbocycles. The summed E-state index contributed by atoms with van der Waals surface area (Å²) in [5.74, 6) is -0.123. The number of rotatable bonds is 6. The van der Waals surface area contributed by atoms with Crippen LogP contribution in [0.2, 0.25) is 0 Å². The van der Waals surface area contributed by atoms with Crippen LogP contribution in [0, 0.1) is 6.92 Å². The van der Waals surface area contributed by atoms with E-state index < -0.39 is 0 Å². The second-order valence-corrected chi connectivity index (χ2v) is 4.64. The Morgan fingerprint density at radius 2 is 2.25 bits per heavy atom. The van der Waals surface area contributed by atoms with Crippen molar-refractivity contribution in [2.24, 2.45) is 12.8 Å². The standard InChI is InChI=1S/C13H20N6O/c1-10-12(9-17-19(10)7-3-5-14)13(20)15-8-11-4-6-16-18(11)2/h4,6,9H,3,5,7-8,14H2,1-2H3,(H,15,20). The maximum atomic E-state index is 12.1. The van der Waals surface area contributed by atoms with E-state index in [-0.39, 0.29) is 5.91 Å². The normalized spacial score (nSPS) is 10.8. The van der Waals surface area contributed by atoms with E-state index in [2.05, 4.69) is 15.5 Å². The van der Waals surface area contributed by atoms with Gasteiger partial charge in [0.1, 0.15) is 0 Å². The number of aryl methyl sites for hydroxylation is 2. The molecule has 0 aliphatic carbocycles. The highest BCUT2D eigenvalue weighted by atomic mass is 16.1. The topological polar surface area (TPSA) is 90.8 Å². The lowest BCUT2D eigenvalue weighted by Gasteiger charge is -2.06. The monoisotopic (exact) mass is 276 g/mol. The maximum Gasteiger partial charge on any atom is 0.255 e. The number of carbonyl (C=O) groups is 1. The molecule has 0 atom stereocenters. The summed E-state index contributed by atoms with van der Waals surface area (Å²) in [4.78, 5) is 12.1. The Labute approximate surface area is 117 Å². The van der Waals surface area contributed by atoms with Gasteiger partial charge in [0.05, 0.1) is 24.0 Å². The number of hydrogen-bond acceptors (Lipinski definition) is 4. The van der Waals surface area contributed by atoms with Crippen molar-refractivity contribution in [3.05, 3.63) is 35.4 Å². The van der Waals surface area contributed by atoms with E-state index in [0.717, 1.165) is 24.4 Å². The van der Waals surface area contributed by atoms with Crippen LogP contribution in [0.1, 0.15) is 28.2 Å². The number of nitrogens with two attached hydrogens (primary N) is 1. The predicted molar refractivity (Wildman–Crippen MR) is 75.0 cm³/mol. The van der Waals surface area contributed by atoms with Crippen molar-refractivity contribution in [2.75, 3.05) is 6.54 Å². The Morgan fingerprint density at radius 1 is 1.45 bits per heavy atom. The molecule has 0 fully saturated rings. The van der Waals surface area contributed by atoms with Crippen molar-refractivity contribution in [3.8, 4) is 0 Å². The van der Waals surface area contributed by atoms with Crippen LogP contribution in [-0.4, -0.2) is 32.0 Å². The third-order valence-electron chi connectivity index (χ3n) is 3.27. The molecule has 2 aromatic rings. The first-order valence-corrected chi connectivity index (χ1v) is 6.61. The Bertz CT molecular complexity index is 585. The van der Waals surface area contributed by atoms with E-state index in [1.165, 1.54) is 0 Å². The van der Waals surface area contributed by atoms with Gasteiger partial charge in [0.15, 0.2) is 0 Å². The van der Waals surface area contributed by atoms with Crippen LogP contribution in [0.5, 0.6) is 0 Å². The lowest BCUT2D eigenvalue weighted by Crippen LogP contribution is -2.24. The summed E-state index contributed by atoms with van der Waals surface area (Å²) in [6.07, 6.45) is 4.15. The highest BCUT2D eigenvalue weighted by molar-refractivity contribution is 5.94. The van der Waals surface area contributed by atoms with Crippen molar-refractivity contribution in [3.63, 3.8) is 0 Å². The van der Waals surface area contributed by atoms with Crippen molar-refractivity contribution in [1.82, 2.24) is 24.9 Å². The molecule has 7 heteroatoms. The third kappa shape index (κ3) is 3.05. The molecule has 0 aliphatic heterocycles. The average molecular weight is 276 g/mol. The highest BCUT2D eigenvalue weighted by Crippen LogP contribution is 2.08. The van der Waals surface area contributed by atoms with Crippen LogP contribution in [0.4, 0.5) is 0 Å². The van der Waals surface area contributed by atoms with E-state index in [0.29, 0.717) is 18.7 Å². The minimum atomic E-state index is -0.123. The molecule has 20 heavy (non-hydrogen) atoms. The van der Waals surface area contributed by atoms with Crippen LogP contribution < -0.4 is 11.1 Å². The molecule has 0 aliphatic rings. The lowest BCUT2D eigenvalue weighted by molar-refractivity contribution is 0.0949. The molecule has 0 unspecified atom stereocenters. The largest absolute Gasteiger partial charge is 0.346 e. The predicted octanol–water partition coefficient (Wildman–Crippen LogP) is 0.204. The first-order valence-electron chi connectivity index (χ1n) is 6.61. The van der Waals surface area contributed by atoms with Crippen LogP contribution in [0.15, 0.2) is 18.5 Å². The molecule has 2 aromatic heterocycles. The number of carbonyl (C=O) groups excluding carboxylic acids is 1. The minimum Gasteiger partial charge on any atom is -0.346 e. The molecule has 2 rings (SSSR count). The molecule has 2 heterocycles. The molecular weight excluding hydrogens is 256 g/mol. The van der Waals surface area contributed by atoms with Gasteiger partial charge in [-0.1, -0.05) is 0 Å². The number of amides is 1. The van der Waals surface area contributed by atoms with E-state index in [1.807, 2.05) is 24.7 Å². The van der Waals surface area contributed by atoms with Crippen LogP contribution in [-0.2, 0) is 20.1 Å². The van der Waals surface area contributed by atoms with Gasteiger partial charge >= 0.3 is 0 Å². The summed E-state index contributed by atoms with van der Waals surface area (Å²) in [5, 5.41) is 11.2. The van der Waals surface area contributed by atoms with Crippen LogP contribution in [0.25, 0.3) is 0 Å². The Balaban J connectivity index is 1.99. The number of nitrogens with zero attached hydrogens (tertiary/aromatic N) is 4. The van der Waals surface area contributed by atoms with Gasteiger partial charge in [-0.05, 0) is 26.0 Å². The molecule has 3 N–H and O–H groups in total. The molecule has 0 spiro atoms. The second kappa shape index (κ2) is 6.33. The molecular formula is C13H20N6O. The Hall–Kier alpha value is -2.15. The van der Waals surface area contributed by atoms with Crippen molar-refractivity contribution < 1.29 is 4.79 Å². The van der Waals surface area contributed by atoms with Gasteiger partial charge in [-0.15, -0.1) is 0 Å². The zero-order valence-electron chi connectivity index (χ0n) is 11.8. The molecule has 0 saturated carbocycles.